The number of nitrogens with zero attached hydrogens (tertiary/aromatic N) is 1. The number of H-pyrrole nitrogens is 1. The van der Waals surface area contributed by atoms with Crippen molar-refractivity contribution in [3.63, 3.8) is 0 Å². The topological polar surface area (TPSA) is 84.1 Å². The van der Waals surface area contributed by atoms with Crippen LogP contribution in [0.2, 0.25) is 5.02 Å². The summed E-state index contributed by atoms with van der Waals surface area (Å²) in [4.78, 5) is 31.3. The summed E-state index contributed by atoms with van der Waals surface area (Å²) in [6, 6.07) is 12.2. The number of imidazole rings is 1. The van der Waals surface area contributed by atoms with Gasteiger partial charge >= 0.3 is 5.97 Å². The predicted octanol–water partition coefficient (Wildman–Crippen LogP) is 3.73. The van der Waals surface area contributed by atoms with Gasteiger partial charge in [-0.15, -0.1) is 0 Å². The smallest absolute Gasteiger partial charge is 0.337 e. The molecular formula is C17H14ClN3O3S. The molecule has 0 radical (unpaired) electrons. The van der Waals surface area contributed by atoms with Gasteiger partial charge in [-0.2, -0.15) is 0 Å². The van der Waals surface area contributed by atoms with Crippen LogP contribution >= 0.6 is 23.4 Å². The maximum atomic E-state index is 12.2. The maximum Gasteiger partial charge on any atom is 0.337 e. The lowest BCUT2D eigenvalue weighted by Crippen LogP contribution is -2.15. The highest BCUT2D eigenvalue weighted by atomic mass is 35.5. The van der Waals surface area contributed by atoms with Gasteiger partial charge in [-0.3, -0.25) is 4.79 Å². The zero-order valence-electron chi connectivity index (χ0n) is 13.2. The minimum atomic E-state index is -0.496. The number of rotatable bonds is 5. The molecule has 0 fully saturated rings. The highest BCUT2D eigenvalue weighted by molar-refractivity contribution is 7.99. The predicted molar refractivity (Wildman–Crippen MR) is 98.2 cm³/mol. The first-order valence-corrected chi connectivity index (χ1v) is 8.68. The van der Waals surface area contributed by atoms with Gasteiger partial charge in [0.15, 0.2) is 5.16 Å². The SMILES string of the molecule is COC(=O)c1ccc(Cl)c(NC(=O)CSc2nc3ccccc3[nH]2)c1. The van der Waals surface area contributed by atoms with Crippen LogP contribution in [0.25, 0.3) is 11.0 Å². The fraction of sp³-hybridized carbons (Fsp3) is 0.118. The van der Waals surface area contributed by atoms with Crippen molar-refractivity contribution in [3.05, 3.63) is 53.1 Å². The van der Waals surface area contributed by atoms with Crippen molar-refractivity contribution in [2.45, 2.75) is 5.16 Å². The third-order valence-corrected chi connectivity index (χ3v) is 4.57. The van der Waals surface area contributed by atoms with Gasteiger partial charge < -0.3 is 15.0 Å². The molecule has 3 rings (SSSR count). The van der Waals surface area contributed by atoms with Crippen LogP contribution in [0.4, 0.5) is 5.69 Å². The monoisotopic (exact) mass is 375 g/mol. The Hall–Kier alpha value is -2.51. The van der Waals surface area contributed by atoms with E-state index in [0.717, 1.165) is 11.0 Å². The largest absolute Gasteiger partial charge is 0.465 e. The Morgan fingerprint density at radius 2 is 2.08 bits per heavy atom. The van der Waals surface area contributed by atoms with E-state index in [1.807, 2.05) is 24.3 Å². The Morgan fingerprint density at radius 3 is 2.84 bits per heavy atom. The van der Waals surface area contributed by atoms with Gasteiger partial charge in [0, 0.05) is 0 Å². The Kier molecular flexibility index (Phi) is 5.25. The molecule has 128 valence electrons. The van der Waals surface area contributed by atoms with Gasteiger partial charge in [-0.1, -0.05) is 35.5 Å². The molecule has 0 bridgehead atoms. The fourth-order valence-electron chi connectivity index (χ4n) is 2.18. The molecule has 25 heavy (non-hydrogen) atoms. The number of aromatic amines is 1. The Labute approximate surface area is 152 Å². The normalized spacial score (nSPS) is 10.6. The first kappa shape index (κ1) is 17.3. The van der Waals surface area contributed by atoms with Gasteiger partial charge in [-0.25, -0.2) is 9.78 Å². The van der Waals surface area contributed by atoms with Crippen molar-refractivity contribution >= 4 is 52.0 Å². The lowest BCUT2D eigenvalue weighted by Gasteiger charge is -2.08. The van der Waals surface area contributed by atoms with E-state index in [2.05, 4.69) is 20.0 Å². The molecule has 2 aromatic carbocycles. The van der Waals surface area contributed by atoms with Crippen LogP contribution in [-0.2, 0) is 9.53 Å². The molecule has 1 aromatic heterocycles. The second-order valence-corrected chi connectivity index (χ2v) is 6.45. The molecule has 3 aromatic rings. The van der Waals surface area contributed by atoms with Crippen molar-refractivity contribution in [1.29, 1.82) is 0 Å². The average molecular weight is 376 g/mol. The molecule has 0 saturated carbocycles. The molecule has 1 amide bonds. The number of aromatic nitrogens is 2. The van der Waals surface area contributed by atoms with Crippen molar-refractivity contribution in [2.24, 2.45) is 0 Å². The van der Waals surface area contributed by atoms with Gasteiger partial charge in [0.2, 0.25) is 5.91 Å². The lowest BCUT2D eigenvalue weighted by atomic mass is 10.2. The van der Waals surface area contributed by atoms with E-state index in [1.54, 1.807) is 0 Å². The second-order valence-electron chi connectivity index (χ2n) is 5.08. The van der Waals surface area contributed by atoms with E-state index >= 15 is 0 Å². The summed E-state index contributed by atoms with van der Waals surface area (Å²) < 4.78 is 4.66. The molecule has 0 unspecified atom stereocenters. The van der Waals surface area contributed by atoms with Crippen LogP contribution in [0.15, 0.2) is 47.6 Å². The third kappa shape index (κ3) is 4.12. The van der Waals surface area contributed by atoms with E-state index in [-0.39, 0.29) is 11.7 Å². The van der Waals surface area contributed by atoms with Crippen molar-refractivity contribution in [1.82, 2.24) is 9.97 Å². The molecule has 0 aliphatic rings. The molecule has 6 nitrogen and oxygen atoms in total. The Balaban J connectivity index is 1.65. The van der Waals surface area contributed by atoms with E-state index < -0.39 is 5.97 Å². The number of anilines is 1. The van der Waals surface area contributed by atoms with Crippen LogP contribution in [0.3, 0.4) is 0 Å². The molecule has 1 heterocycles. The Bertz CT molecular complexity index is 909. The minimum absolute atomic E-state index is 0.151. The van der Waals surface area contributed by atoms with Gasteiger partial charge in [0.25, 0.3) is 0 Å². The number of thioether (sulfide) groups is 1. The van der Waals surface area contributed by atoms with E-state index in [1.165, 1.54) is 37.1 Å². The van der Waals surface area contributed by atoms with Gasteiger partial charge in [0.1, 0.15) is 0 Å². The summed E-state index contributed by atoms with van der Waals surface area (Å²) in [7, 11) is 1.29. The number of carbonyl (C=O) groups excluding carboxylic acids is 2. The van der Waals surface area contributed by atoms with Gasteiger partial charge in [-0.05, 0) is 30.3 Å². The number of methoxy groups -OCH3 is 1. The molecule has 8 heteroatoms. The van der Waals surface area contributed by atoms with Crippen LogP contribution in [0.5, 0.6) is 0 Å². The summed E-state index contributed by atoms with van der Waals surface area (Å²) in [5, 5.41) is 3.69. The number of benzene rings is 2. The molecule has 0 saturated heterocycles. The zero-order valence-corrected chi connectivity index (χ0v) is 14.8. The molecule has 0 atom stereocenters. The first-order valence-electron chi connectivity index (χ1n) is 7.32. The summed E-state index contributed by atoms with van der Waals surface area (Å²) in [6.07, 6.45) is 0. The number of para-hydroxylation sites is 2. The van der Waals surface area contributed by atoms with E-state index in [9.17, 15) is 9.59 Å². The fourth-order valence-corrected chi connectivity index (χ4v) is 3.03. The van der Waals surface area contributed by atoms with Crippen LogP contribution in [-0.4, -0.2) is 34.7 Å². The number of carbonyl (C=O) groups is 2. The lowest BCUT2D eigenvalue weighted by molar-refractivity contribution is -0.113. The van der Waals surface area contributed by atoms with Crippen molar-refractivity contribution in [3.8, 4) is 0 Å². The van der Waals surface area contributed by atoms with E-state index in [0.29, 0.717) is 21.4 Å². The van der Waals surface area contributed by atoms with Crippen LogP contribution in [0.1, 0.15) is 10.4 Å². The number of hydrogen-bond acceptors (Lipinski definition) is 5. The van der Waals surface area contributed by atoms with Crippen LogP contribution < -0.4 is 5.32 Å². The zero-order chi connectivity index (χ0) is 17.8. The van der Waals surface area contributed by atoms with Crippen LogP contribution in [0, 0.1) is 0 Å². The number of hydrogen-bond donors (Lipinski definition) is 2. The van der Waals surface area contributed by atoms with Crippen molar-refractivity contribution < 1.29 is 14.3 Å². The quantitative estimate of drug-likeness (QED) is 0.524. The van der Waals surface area contributed by atoms with Crippen molar-refractivity contribution in [2.75, 3.05) is 18.2 Å². The number of fused-ring (bicyclic) bond motifs is 1. The Morgan fingerprint density at radius 1 is 1.28 bits per heavy atom. The minimum Gasteiger partial charge on any atom is -0.465 e. The summed E-state index contributed by atoms with van der Waals surface area (Å²) in [5.74, 6) is -0.600. The number of nitrogens with one attached hydrogen (secondary N) is 2. The molecule has 2 N–H and O–H groups in total. The number of amides is 1. The summed E-state index contributed by atoms with van der Waals surface area (Å²) in [6.45, 7) is 0. The highest BCUT2D eigenvalue weighted by Crippen LogP contribution is 2.24. The molecule has 0 aliphatic heterocycles. The molecule has 0 spiro atoms. The summed E-state index contributed by atoms with van der Waals surface area (Å²) in [5.41, 5.74) is 2.44. The standard InChI is InChI=1S/C17H14ClN3O3S/c1-24-16(23)10-6-7-11(18)14(8-10)19-15(22)9-25-17-20-12-4-2-3-5-13(12)21-17/h2-8H,9H2,1H3,(H,19,22)(H,20,21). The molecule has 0 aliphatic carbocycles. The van der Waals surface area contributed by atoms with Gasteiger partial charge in [0.05, 0.1) is 40.2 Å². The highest BCUT2D eigenvalue weighted by Gasteiger charge is 2.12. The van der Waals surface area contributed by atoms with E-state index in [4.69, 9.17) is 11.6 Å². The molecular weight excluding hydrogens is 362 g/mol. The number of halogens is 1. The third-order valence-electron chi connectivity index (χ3n) is 3.37. The second kappa shape index (κ2) is 7.58. The number of esters is 1. The maximum absolute atomic E-state index is 12.2. The number of ether oxygens (including phenoxy) is 1. The first-order chi connectivity index (χ1) is 12.1. The average Bonchev–Trinajstić information content (AvgIpc) is 3.04. The summed E-state index contributed by atoms with van der Waals surface area (Å²) >= 11 is 7.35.